The SMILES string of the molecule is CC(C)Oc1cccc(NCc2ccc(F)cc2)c1N. The molecule has 0 spiro atoms. The lowest BCUT2D eigenvalue weighted by atomic mass is 10.2. The number of nitrogens with one attached hydrogen (secondary N) is 1. The number of rotatable bonds is 5. The zero-order chi connectivity index (χ0) is 14.5. The summed E-state index contributed by atoms with van der Waals surface area (Å²) >= 11 is 0. The molecule has 2 rings (SSSR count). The topological polar surface area (TPSA) is 47.3 Å². The number of ether oxygens (including phenoxy) is 1. The van der Waals surface area contributed by atoms with Gasteiger partial charge in [-0.25, -0.2) is 4.39 Å². The van der Waals surface area contributed by atoms with Crippen LogP contribution in [0, 0.1) is 5.82 Å². The first kappa shape index (κ1) is 14.2. The predicted octanol–water partition coefficient (Wildman–Crippen LogP) is 3.81. The summed E-state index contributed by atoms with van der Waals surface area (Å²) in [4.78, 5) is 0. The van der Waals surface area contributed by atoms with Gasteiger partial charge in [-0.2, -0.15) is 0 Å². The molecule has 2 aromatic carbocycles. The predicted molar refractivity (Wildman–Crippen MR) is 80.3 cm³/mol. The van der Waals surface area contributed by atoms with Crippen LogP contribution in [0.15, 0.2) is 42.5 Å². The smallest absolute Gasteiger partial charge is 0.144 e. The minimum Gasteiger partial charge on any atom is -0.489 e. The molecule has 0 fully saturated rings. The van der Waals surface area contributed by atoms with Gasteiger partial charge in [-0.1, -0.05) is 18.2 Å². The number of hydrogen-bond acceptors (Lipinski definition) is 3. The number of anilines is 2. The van der Waals surface area contributed by atoms with Crippen molar-refractivity contribution in [3.63, 3.8) is 0 Å². The Kier molecular flexibility index (Phi) is 4.45. The molecule has 0 unspecified atom stereocenters. The molecule has 0 heterocycles. The fourth-order valence-electron chi connectivity index (χ4n) is 1.85. The van der Waals surface area contributed by atoms with Crippen LogP contribution in [0.3, 0.4) is 0 Å². The Morgan fingerprint density at radius 1 is 1.15 bits per heavy atom. The van der Waals surface area contributed by atoms with Crippen molar-refractivity contribution >= 4 is 11.4 Å². The minimum atomic E-state index is -0.236. The molecule has 3 nitrogen and oxygen atoms in total. The molecule has 0 aliphatic carbocycles. The van der Waals surface area contributed by atoms with Gasteiger partial charge in [-0.05, 0) is 43.7 Å². The van der Waals surface area contributed by atoms with Gasteiger partial charge in [0.05, 0.1) is 17.5 Å². The van der Waals surface area contributed by atoms with E-state index in [1.165, 1.54) is 12.1 Å². The third-order valence-corrected chi connectivity index (χ3v) is 2.83. The van der Waals surface area contributed by atoms with Crippen molar-refractivity contribution in [1.29, 1.82) is 0 Å². The molecule has 0 saturated carbocycles. The second-order valence-corrected chi connectivity index (χ2v) is 4.86. The molecule has 0 aliphatic rings. The van der Waals surface area contributed by atoms with Gasteiger partial charge in [0.1, 0.15) is 11.6 Å². The van der Waals surface area contributed by atoms with E-state index in [1.807, 2.05) is 32.0 Å². The summed E-state index contributed by atoms with van der Waals surface area (Å²) in [6, 6.07) is 12.0. The Bertz CT molecular complexity index is 567. The number of benzene rings is 2. The van der Waals surface area contributed by atoms with Crippen LogP contribution in [0.1, 0.15) is 19.4 Å². The quantitative estimate of drug-likeness (QED) is 0.815. The molecular weight excluding hydrogens is 255 g/mol. The summed E-state index contributed by atoms with van der Waals surface area (Å²) < 4.78 is 18.5. The van der Waals surface area contributed by atoms with Gasteiger partial charge in [-0.3, -0.25) is 0 Å². The molecule has 4 heteroatoms. The Hall–Kier alpha value is -2.23. The average Bonchev–Trinajstić information content (AvgIpc) is 2.41. The van der Waals surface area contributed by atoms with E-state index in [-0.39, 0.29) is 11.9 Å². The Labute approximate surface area is 118 Å². The molecule has 0 atom stereocenters. The second kappa shape index (κ2) is 6.28. The lowest BCUT2D eigenvalue weighted by Gasteiger charge is -2.15. The highest BCUT2D eigenvalue weighted by molar-refractivity contribution is 5.72. The summed E-state index contributed by atoms with van der Waals surface area (Å²) in [5, 5.41) is 3.23. The van der Waals surface area contributed by atoms with Gasteiger partial charge in [0, 0.05) is 6.54 Å². The fourth-order valence-corrected chi connectivity index (χ4v) is 1.85. The second-order valence-electron chi connectivity index (χ2n) is 4.86. The summed E-state index contributed by atoms with van der Waals surface area (Å²) in [5.41, 5.74) is 8.46. The third kappa shape index (κ3) is 3.63. The van der Waals surface area contributed by atoms with E-state index in [2.05, 4.69) is 5.32 Å². The van der Waals surface area contributed by atoms with E-state index < -0.39 is 0 Å². The molecular formula is C16H19FN2O. The van der Waals surface area contributed by atoms with Gasteiger partial charge in [0.15, 0.2) is 0 Å². The first-order chi connectivity index (χ1) is 9.56. The van der Waals surface area contributed by atoms with E-state index in [9.17, 15) is 4.39 Å². The summed E-state index contributed by atoms with van der Waals surface area (Å²) in [7, 11) is 0. The van der Waals surface area contributed by atoms with E-state index in [0.717, 1.165) is 11.3 Å². The van der Waals surface area contributed by atoms with Gasteiger partial charge < -0.3 is 15.8 Å². The van der Waals surface area contributed by atoms with Crippen LogP contribution < -0.4 is 15.8 Å². The zero-order valence-electron chi connectivity index (χ0n) is 11.7. The Morgan fingerprint density at radius 3 is 2.50 bits per heavy atom. The van der Waals surface area contributed by atoms with Crippen molar-refractivity contribution in [1.82, 2.24) is 0 Å². The molecule has 0 radical (unpaired) electrons. The molecule has 3 N–H and O–H groups in total. The highest BCUT2D eigenvalue weighted by Gasteiger charge is 2.07. The van der Waals surface area contributed by atoms with Gasteiger partial charge in [0.2, 0.25) is 0 Å². The van der Waals surface area contributed by atoms with Crippen molar-refractivity contribution in [2.75, 3.05) is 11.1 Å². The molecule has 0 aromatic heterocycles. The minimum absolute atomic E-state index is 0.0737. The molecule has 106 valence electrons. The number of halogens is 1. The van der Waals surface area contributed by atoms with Crippen LogP contribution >= 0.6 is 0 Å². The maximum absolute atomic E-state index is 12.8. The van der Waals surface area contributed by atoms with E-state index in [1.54, 1.807) is 12.1 Å². The maximum Gasteiger partial charge on any atom is 0.144 e. The van der Waals surface area contributed by atoms with Crippen LogP contribution in [0.5, 0.6) is 5.75 Å². The molecule has 0 amide bonds. The van der Waals surface area contributed by atoms with Crippen molar-refractivity contribution in [2.24, 2.45) is 0 Å². The molecule has 2 aromatic rings. The number of nitrogens with two attached hydrogens (primary N) is 1. The molecule has 0 aliphatic heterocycles. The number of para-hydroxylation sites is 1. The number of hydrogen-bond donors (Lipinski definition) is 2. The van der Waals surface area contributed by atoms with E-state index >= 15 is 0 Å². The normalized spacial score (nSPS) is 10.6. The zero-order valence-corrected chi connectivity index (χ0v) is 11.7. The summed E-state index contributed by atoms with van der Waals surface area (Å²) in [5.74, 6) is 0.435. The van der Waals surface area contributed by atoms with Gasteiger partial charge in [0.25, 0.3) is 0 Å². The van der Waals surface area contributed by atoms with Gasteiger partial charge in [-0.15, -0.1) is 0 Å². The average molecular weight is 274 g/mol. The summed E-state index contributed by atoms with van der Waals surface area (Å²) in [6.45, 7) is 4.49. The molecule has 20 heavy (non-hydrogen) atoms. The Morgan fingerprint density at radius 2 is 1.85 bits per heavy atom. The van der Waals surface area contributed by atoms with Crippen molar-refractivity contribution in [2.45, 2.75) is 26.5 Å². The van der Waals surface area contributed by atoms with Crippen LogP contribution in [-0.2, 0) is 6.54 Å². The molecule has 0 bridgehead atoms. The van der Waals surface area contributed by atoms with E-state index in [0.29, 0.717) is 18.0 Å². The maximum atomic E-state index is 12.8. The van der Waals surface area contributed by atoms with Crippen molar-refractivity contribution in [3.8, 4) is 5.75 Å². The number of nitrogen functional groups attached to an aromatic ring is 1. The van der Waals surface area contributed by atoms with E-state index in [4.69, 9.17) is 10.5 Å². The third-order valence-electron chi connectivity index (χ3n) is 2.83. The monoisotopic (exact) mass is 274 g/mol. The fraction of sp³-hybridized carbons (Fsp3) is 0.250. The first-order valence-corrected chi connectivity index (χ1v) is 6.59. The van der Waals surface area contributed by atoms with Crippen molar-refractivity contribution < 1.29 is 9.13 Å². The summed E-state index contributed by atoms with van der Waals surface area (Å²) in [6.07, 6.45) is 0.0737. The van der Waals surface area contributed by atoms with Gasteiger partial charge >= 0.3 is 0 Å². The standard InChI is InChI=1S/C16H19FN2O/c1-11(2)20-15-5-3-4-14(16(15)18)19-10-12-6-8-13(17)9-7-12/h3-9,11,19H,10,18H2,1-2H3. The molecule has 0 saturated heterocycles. The lowest BCUT2D eigenvalue weighted by molar-refractivity contribution is 0.244. The Balaban J connectivity index is 2.07. The van der Waals surface area contributed by atoms with Crippen molar-refractivity contribution in [3.05, 3.63) is 53.8 Å². The van der Waals surface area contributed by atoms with Crippen LogP contribution in [0.2, 0.25) is 0 Å². The highest BCUT2D eigenvalue weighted by Crippen LogP contribution is 2.30. The lowest BCUT2D eigenvalue weighted by Crippen LogP contribution is -2.09. The first-order valence-electron chi connectivity index (χ1n) is 6.59. The van der Waals surface area contributed by atoms with Crippen LogP contribution in [0.4, 0.5) is 15.8 Å². The van der Waals surface area contributed by atoms with Crippen LogP contribution in [0.25, 0.3) is 0 Å². The largest absolute Gasteiger partial charge is 0.489 e. The highest BCUT2D eigenvalue weighted by atomic mass is 19.1. The van der Waals surface area contributed by atoms with Crippen LogP contribution in [-0.4, -0.2) is 6.10 Å².